The molecule has 19 heavy (non-hydrogen) atoms. The summed E-state index contributed by atoms with van der Waals surface area (Å²) < 4.78 is 0. The summed E-state index contributed by atoms with van der Waals surface area (Å²) in [7, 11) is 0. The molecule has 0 fully saturated rings. The van der Waals surface area contributed by atoms with Crippen molar-refractivity contribution in [1.82, 2.24) is 0 Å². The third-order valence-corrected chi connectivity index (χ3v) is 3.48. The minimum absolute atomic E-state index is 0.0717. The summed E-state index contributed by atoms with van der Waals surface area (Å²) in [4.78, 5) is 12.1. The summed E-state index contributed by atoms with van der Waals surface area (Å²) in [5.41, 5.74) is -0.930. The van der Waals surface area contributed by atoms with Gasteiger partial charge in [0, 0.05) is 21.8 Å². The first-order chi connectivity index (χ1) is 9.03. The zero-order valence-corrected chi connectivity index (χ0v) is 10.5. The molecule has 1 atom stereocenters. The lowest BCUT2D eigenvalue weighted by Crippen LogP contribution is -2.35. The molecule has 1 amide bonds. The molecular formula is C14H10ClNO3. The summed E-state index contributed by atoms with van der Waals surface area (Å²) in [6, 6.07) is 11.0. The number of para-hydroxylation sites is 1. The number of benzene rings is 2. The number of rotatable bonds is 1. The van der Waals surface area contributed by atoms with E-state index < -0.39 is 11.5 Å². The molecule has 1 aliphatic rings. The topological polar surface area (TPSA) is 69.6 Å². The molecule has 0 bridgehead atoms. The number of aliphatic hydroxyl groups is 1. The number of halogens is 1. The second kappa shape index (κ2) is 3.98. The molecule has 0 spiro atoms. The van der Waals surface area contributed by atoms with Gasteiger partial charge in [-0.3, -0.25) is 4.79 Å². The van der Waals surface area contributed by atoms with Crippen molar-refractivity contribution in [1.29, 1.82) is 0 Å². The number of amides is 1. The van der Waals surface area contributed by atoms with Crippen LogP contribution in [0, 0.1) is 0 Å². The summed E-state index contributed by atoms with van der Waals surface area (Å²) in [5.74, 6) is -0.787. The molecule has 0 aliphatic carbocycles. The van der Waals surface area contributed by atoms with E-state index in [9.17, 15) is 15.0 Å². The molecule has 96 valence electrons. The van der Waals surface area contributed by atoms with Gasteiger partial charge >= 0.3 is 0 Å². The Morgan fingerprint density at radius 3 is 2.63 bits per heavy atom. The van der Waals surface area contributed by atoms with Gasteiger partial charge in [-0.25, -0.2) is 0 Å². The minimum atomic E-state index is -1.93. The van der Waals surface area contributed by atoms with Crippen LogP contribution in [0.1, 0.15) is 11.1 Å². The fraction of sp³-hybridized carbons (Fsp3) is 0.0714. The average molecular weight is 276 g/mol. The van der Waals surface area contributed by atoms with E-state index in [1.165, 1.54) is 18.2 Å². The normalized spacial score (nSPS) is 21.1. The summed E-state index contributed by atoms with van der Waals surface area (Å²) in [5, 5.41) is 23.6. The molecule has 0 saturated heterocycles. The highest BCUT2D eigenvalue weighted by Crippen LogP contribution is 2.44. The first kappa shape index (κ1) is 12.0. The monoisotopic (exact) mass is 275 g/mol. The Bertz CT molecular complexity index is 686. The predicted octanol–water partition coefficient (Wildman–Crippen LogP) is 2.23. The predicted molar refractivity (Wildman–Crippen MR) is 71.2 cm³/mol. The summed E-state index contributed by atoms with van der Waals surface area (Å²) in [6.07, 6.45) is 0. The smallest absolute Gasteiger partial charge is 0.266 e. The van der Waals surface area contributed by atoms with Crippen LogP contribution in [-0.2, 0) is 10.4 Å². The number of hydrogen-bond acceptors (Lipinski definition) is 3. The minimum Gasteiger partial charge on any atom is -0.508 e. The maximum absolute atomic E-state index is 12.1. The Hall–Kier alpha value is -2.04. The van der Waals surface area contributed by atoms with Crippen molar-refractivity contribution >= 4 is 23.2 Å². The quantitative estimate of drug-likeness (QED) is 0.747. The van der Waals surface area contributed by atoms with Crippen LogP contribution in [-0.4, -0.2) is 16.1 Å². The third kappa shape index (κ3) is 1.61. The molecule has 4 nitrogen and oxygen atoms in total. The van der Waals surface area contributed by atoms with Gasteiger partial charge in [0.2, 0.25) is 0 Å². The Morgan fingerprint density at radius 2 is 1.84 bits per heavy atom. The molecule has 5 heteroatoms. The lowest BCUT2D eigenvalue weighted by Gasteiger charge is -2.22. The van der Waals surface area contributed by atoms with Gasteiger partial charge in [0.1, 0.15) is 5.75 Å². The maximum Gasteiger partial charge on any atom is 0.266 e. The van der Waals surface area contributed by atoms with Gasteiger partial charge in [-0.05, 0) is 24.3 Å². The van der Waals surface area contributed by atoms with Crippen LogP contribution in [0.2, 0.25) is 5.02 Å². The Balaban J connectivity index is 2.28. The van der Waals surface area contributed by atoms with Crippen LogP contribution >= 0.6 is 11.6 Å². The number of fused-ring (bicyclic) bond motifs is 1. The van der Waals surface area contributed by atoms with Crippen molar-refractivity contribution in [3.63, 3.8) is 0 Å². The van der Waals surface area contributed by atoms with Crippen LogP contribution in [0.4, 0.5) is 5.69 Å². The number of anilines is 1. The van der Waals surface area contributed by atoms with Crippen LogP contribution < -0.4 is 5.32 Å². The van der Waals surface area contributed by atoms with Crippen molar-refractivity contribution in [2.24, 2.45) is 0 Å². The molecule has 1 aliphatic heterocycles. The third-order valence-electron chi connectivity index (χ3n) is 3.24. The highest BCUT2D eigenvalue weighted by molar-refractivity contribution is 6.30. The van der Waals surface area contributed by atoms with Crippen LogP contribution in [0.5, 0.6) is 5.75 Å². The van der Waals surface area contributed by atoms with Crippen molar-refractivity contribution in [2.75, 3.05) is 5.32 Å². The lowest BCUT2D eigenvalue weighted by atomic mass is 9.87. The number of phenolic OH excluding ortho intramolecular Hbond substituents is 1. The summed E-state index contributed by atoms with van der Waals surface area (Å²) >= 11 is 5.88. The van der Waals surface area contributed by atoms with E-state index in [1.54, 1.807) is 24.3 Å². The van der Waals surface area contributed by atoms with Crippen molar-refractivity contribution < 1.29 is 15.0 Å². The van der Waals surface area contributed by atoms with Gasteiger partial charge in [0.25, 0.3) is 5.91 Å². The maximum atomic E-state index is 12.1. The van der Waals surface area contributed by atoms with Gasteiger partial charge in [0.05, 0.1) is 0 Å². The fourth-order valence-corrected chi connectivity index (χ4v) is 2.48. The van der Waals surface area contributed by atoms with Gasteiger partial charge in [-0.2, -0.15) is 0 Å². The van der Waals surface area contributed by atoms with E-state index in [0.717, 1.165) is 0 Å². The Labute approximate surface area is 114 Å². The Morgan fingerprint density at radius 1 is 1.11 bits per heavy atom. The molecular weight excluding hydrogens is 266 g/mol. The number of aromatic hydroxyl groups is 1. The number of hydrogen-bond donors (Lipinski definition) is 3. The van der Waals surface area contributed by atoms with Crippen molar-refractivity contribution in [2.45, 2.75) is 5.60 Å². The molecule has 3 N–H and O–H groups in total. The highest BCUT2D eigenvalue weighted by Gasteiger charge is 2.48. The van der Waals surface area contributed by atoms with Crippen molar-refractivity contribution in [3.05, 3.63) is 58.6 Å². The highest BCUT2D eigenvalue weighted by atomic mass is 35.5. The number of nitrogens with one attached hydrogen (secondary N) is 1. The van der Waals surface area contributed by atoms with E-state index >= 15 is 0 Å². The summed E-state index contributed by atoms with van der Waals surface area (Å²) in [6.45, 7) is 0. The number of phenols is 1. The van der Waals surface area contributed by atoms with Crippen LogP contribution in [0.25, 0.3) is 0 Å². The van der Waals surface area contributed by atoms with E-state index in [1.807, 2.05) is 0 Å². The zero-order chi connectivity index (χ0) is 13.6. The molecule has 2 aromatic rings. The van der Waals surface area contributed by atoms with Gasteiger partial charge in [0.15, 0.2) is 5.60 Å². The lowest BCUT2D eigenvalue weighted by molar-refractivity contribution is -0.129. The molecule has 0 saturated carbocycles. The molecule has 1 heterocycles. The zero-order valence-electron chi connectivity index (χ0n) is 9.72. The number of carbonyl (C=O) groups excluding carboxylic acids is 1. The first-order valence-corrected chi connectivity index (χ1v) is 6.03. The van der Waals surface area contributed by atoms with Crippen molar-refractivity contribution in [3.8, 4) is 5.75 Å². The molecule has 0 aromatic heterocycles. The average Bonchev–Trinajstić information content (AvgIpc) is 2.66. The molecule has 3 rings (SSSR count). The second-order valence-electron chi connectivity index (χ2n) is 4.37. The number of carbonyl (C=O) groups is 1. The molecule has 2 aromatic carbocycles. The van der Waals surface area contributed by atoms with E-state index in [4.69, 9.17) is 11.6 Å². The molecule has 0 radical (unpaired) electrons. The van der Waals surface area contributed by atoms with E-state index in [0.29, 0.717) is 16.3 Å². The first-order valence-electron chi connectivity index (χ1n) is 5.66. The Kier molecular flexibility index (Phi) is 2.52. The molecule has 0 unspecified atom stereocenters. The van der Waals surface area contributed by atoms with E-state index in [-0.39, 0.29) is 11.3 Å². The van der Waals surface area contributed by atoms with Gasteiger partial charge < -0.3 is 15.5 Å². The standard InChI is InChI=1S/C14H10ClNO3/c15-8-5-6-12(17)10(7-8)14(19)9-3-1-2-4-11(9)16-13(14)18/h1-7,17,19H,(H,16,18)/t14-/m1/s1. The fourth-order valence-electron chi connectivity index (χ4n) is 2.31. The van der Waals surface area contributed by atoms with Gasteiger partial charge in [-0.15, -0.1) is 0 Å². The second-order valence-corrected chi connectivity index (χ2v) is 4.81. The van der Waals surface area contributed by atoms with E-state index in [2.05, 4.69) is 5.32 Å². The van der Waals surface area contributed by atoms with Crippen LogP contribution in [0.15, 0.2) is 42.5 Å². The van der Waals surface area contributed by atoms with Crippen LogP contribution in [0.3, 0.4) is 0 Å². The van der Waals surface area contributed by atoms with Gasteiger partial charge in [-0.1, -0.05) is 29.8 Å². The SMILES string of the molecule is O=C1Nc2ccccc2[C@@]1(O)c1cc(Cl)ccc1O. The largest absolute Gasteiger partial charge is 0.508 e.